The van der Waals surface area contributed by atoms with E-state index in [-0.39, 0.29) is 59.4 Å². The molecule has 2 aromatic heterocycles. The molecule has 49 heavy (non-hydrogen) atoms. The molecule has 0 saturated heterocycles. The molecule has 21 nitrogen and oxygen atoms in total. The predicted octanol–water partition coefficient (Wildman–Crippen LogP) is -1.33. The largest absolute Gasteiger partial charge is 0.545 e. The SMILES string of the molecule is O=C(O)CC[C@H](NC(=O)N[C@@H](CCCCN(Cc1nccn1CC(=O)O)Cc1nccn1CC(=O)O)C(=O)O)C(=O)O.[CH-]=O.[CH-]=O.[CH-]=O.[Re]. The predicted molar refractivity (Wildman–Crippen MR) is 159 cm³/mol. The number of aliphatic carboxylic acids is 5. The van der Waals surface area contributed by atoms with Gasteiger partial charge in [-0.15, -0.1) is 0 Å². The number of urea groups is 1. The van der Waals surface area contributed by atoms with Crippen LogP contribution in [0.2, 0.25) is 0 Å². The maximum absolute atomic E-state index is 12.2. The minimum Gasteiger partial charge on any atom is -0.545 e. The Bertz CT molecular complexity index is 1260. The van der Waals surface area contributed by atoms with Gasteiger partial charge in [0.05, 0.1) is 13.1 Å². The van der Waals surface area contributed by atoms with Crippen molar-refractivity contribution in [3.63, 3.8) is 0 Å². The first-order chi connectivity index (χ1) is 22.8. The van der Waals surface area contributed by atoms with Crippen molar-refractivity contribution in [3.8, 4) is 0 Å². The van der Waals surface area contributed by atoms with Crippen LogP contribution in [-0.4, -0.2) is 124 Å². The molecule has 2 rings (SSSR count). The van der Waals surface area contributed by atoms with E-state index in [0.29, 0.717) is 31.0 Å². The number of imidazole rings is 2. The minimum atomic E-state index is -1.52. The average Bonchev–Trinajstić information content (AvgIpc) is 3.67. The molecule has 2 heterocycles. The molecule has 2 amide bonds. The quantitative estimate of drug-likeness (QED) is 0.0460. The standard InChI is InChI=1S/C24H33N7O11.3CHO.Re/c32-19(33)5-4-16(23(40)41)28-24(42)27-15(22(38)39)3-1-2-8-29(11-17-25-6-9-30(17)13-20(34)35)12-18-26-7-10-31(18)14-21(36)37;3*1-2;/h6-7,9-10,15-16H,1-5,8,11-14H2,(H,32,33)(H,34,35)(H,36,37)(H,38,39)(H,40,41)(H2,27,28,42);3*1H;/q;3*-1;/t15-,16-;;;;/m0..../s1. The van der Waals surface area contributed by atoms with Crippen LogP contribution in [-0.2, 0) is 85.0 Å². The molecule has 0 bridgehead atoms. The summed E-state index contributed by atoms with van der Waals surface area (Å²) in [5, 5.41) is 50.0. The van der Waals surface area contributed by atoms with Crippen LogP contribution in [0.25, 0.3) is 0 Å². The normalized spacial score (nSPS) is 10.9. The third-order valence-electron chi connectivity index (χ3n) is 6.02. The average molecular weight is 869 g/mol. The van der Waals surface area contributed by atoms with Gasteiger partial charge >= 0.3 is 35.9 Å². The van der Waals surface area contributed by atoms with E-state index < -0.39 is 54.4 Å². The molecule has 0 saturated carbocycles. The van der Waals surface area contributed by atoms with Crippen molar-refractivity contribution in [1.82, 2.24) is 34.6 Å². The number of hydrogen-bond acceptors (Lipinski definition) is 12. The Morgan fingerprint density at radius 2 is 1.08 bits per heavy atom. The summed E-state index contributed by atoms with van der Waals surface area (Å²) in [5.74, 6) is -5.33. The number of nitrogens with one attached hydrogen (secondary N) is 2. The van der Waals surface area contributed by atoms with Gasteiger partial charge in [-0.1, -0.05) is 0 Å². The number of rotatable bonds is 20. The van der Waals surface area contributed by atoms with Gasteiger partial charge in [0.1, 0.15) is 36.8 Å². The summed E-state index contributed by atoms with van der Waals surface area (Å²) in [6.45, 7) is 9.81. The van der Waals surface area contributed by atoms with Crippen LogP contribution < -0.4 is 10.6 Å². The Labute approximate surface area is 293 Å². The summed E-state index contributed by atoms with van der Waals surface area (Å²) in [7, 11) is 0. The van der Waals surface area contributed by atoms with E-state index in [1.807, 2.05) is 4.90 Å². The van der Waals surface area contributed by atoms with E-state index >= 15 is 0 Å². The number of carboxylic acids is 5. The fraction of sp³-hybridized carbons (Fsp3) is 0.444. The second kappa shape index (κ2) is 27.8. The van der Waals surface area contributed by atoms with Crippen molar-refractivity contribution in [2.24, 2.45) is 0 Å². The maximum Gasteiger partial charge on any atom is 0.326 e. The van der Waals surface area contributed by atoms with Crippen molar-refractivity contribution in [2.45, 2.75) is 70.4 Å². The van der Waals surface area contributed by atoms with Gasteiger partial charge in [0, 0.05) is 51.6 Å². The van der Waals surface area contributed by atoms with Gasteiger partial charge in [-0.05, 0) is 32.2 Å². The summed E-state index contributed by atoms with van der Waals surface area (Å²) in [5.41, 5.74) is 0. The second-order valence-corrected chi connectivity index (χ2v) is 9.27. The number of hydrogen-bond donors (Lipinski definition) is 7. The molecule has 7 N–H and O–H groups in total. The molecular weight excluding hydrogens is 833 g/mol. The van der Waals surface area contributed by atoms with Crippen LogP contribution in [0.1, 0.15) is 43.8 Å². The number of unbranched alkanes of at least 4 members (excludes halogenated alkanes) is 1. The summed E-state index contributed by atoms with van der Waals surface area (Å²) < 4.78 is 2.89. The molecular formula is C27H36N7O14Re-3. The zero-order valence-electron chi connectivity index (χ0n) is 25.8. The van der Waals surface area contributed by atoms with Crippen molar-refractivity contribution < 1.29 is 89.1 Å². The van der Waals surface area contributed by atoms with E-state index in [2.05, 4.69) is 41.0 Å². The molecule has 1 radical (unpaired) electrons. The van der Waals surface area contributed by atoms with Crippen molar-refractivity contribution in [3.05, 3.63) is 36.4 Å². The van der Waals surface area contributed by atoms with E-state index in [1.165, 1.54) is 33.9 Å². The zero-order valence-corrected chi connectivity index (χ0v) is 28.5. The summed E-state index contributed by atoms with van der Waals surface area (Å²) in [4.78, 5) is 102. The number of nitrogens with zero attached hydrogens (tertiary/aromatic N) is 5. The van der Waals surface area contributed by atoms with E-state index in [9.17, 15) is 39.0 Å². The van der Waals surface area contributed by atoms with Crippen molar-refractivity contribution in [1.29, 1.82) is 0 Å². The summed E-state index contributed by atoms with van der Waals surface area (Å²) >= 11 is 0. The topological polar surface area (TPSA) is 318 Å². The first-order valence-corrected chi connectivity index (χ1v) is 13.5. The molecule has 22 heteroatoms. The zero-order chi connectivity index (χ0) is 37.2. The van der Waals surface area contributed by atoms with Crippen molar-refractivity contribution >= 4 is 56.2 Å². The van der Waals surface area contributed by atoms with Crippen LogP contribution in [0.5, 0.6) is 0 Å². The minimum absolute atomic E-state index is 0. The van der Waals surface area contributed by atoms with Gasteiger partial charge in [0.15, 0.2) is 0 Å². The molecule has 0 aliphatic carbocycles. The van der Waals surface area contributed by atoms with E-state index in [1.54, 1.807) is 0 Å². The fourth-order valence-electron chi connectivity index (χ4n) is 4.00. The number of carbonyl (C=O) groups is 6. The summed E-state index contributed by atoms with van der Waals surface area (Å²) in [6, 6.07) is -3.96. The molecule has 2 atom stereocenters. The monoisotopic (exact) mass is 869 g/mol. The Morgan fingerprint density at radius 1 is 0.673 bits per heavy atom. The maximum atomic E-state index is 12.2. The third-order valence-corrected chi connectivity index (χ3v) is 6.02. The molecule has 0 aliphatic rings. The van der Waals surface area contributed by atoms with E-state index in [0.717, 1.165) is 0 Å². The Balaban J connectivity index is -0.00000286. The van der Waals surface area contributed by atoms with Gasteiger partial charge in [-0.2, -0.15) is 0 Å². The molecule has 0 spiro atoms. The Morgan fingerprint density at radius 3 is 1.45 bits per heavy atom. The van der Waals surface area contributed by atoms with Gasteiger partial charge in [0.25, 0.3) is 0 Å². The number of amides is 2. The van der Waals surface area contributed by atoms with Gasteiger partial charge in [0.2, 0.25) is 0 Å². The van der Waals surface area contributed by atoms with Crippen LogP contribution >= 0.6 is 0 Å². The Hall–Kier alpha value is -5.33. The first kappa shape index (κ1) is 48.1. The van der Waals surface area contributed by atoms with Crippen molar-refractivity contribution in [2.75, 3.05) is 6.54 Å². The summed E-state index contributed by atoms with van der Waals surface area (Å²) in [6.07, 6.45) is 5.70. The van der Waals surface area contributed by atoms with Crippen LogP contribution in [0.3, 0.4) is 0 Å². The van der Waals surface area contributed by atoms with Gasteiger partial charge in [-0.3, -0.25) is 39.7 Å². The number of carbonyl (C=O) groups excluding carboxylic acids is 4. The van der Waals surface area contributed by atoms with Gasteiger partial charge in [-0.25, -0.2) is 24.4 Å². The molecule has 0 aromatic carbocycles. The van der Waals surface area contributed by atoms with Crippen LogP contribution in [0.4, 0.5) is 4.79 Å². The van der Waals surface area contributed by atoms with E-state index in [4.69, 9.17) is 29.7 Å². The van der Waals surface area contributed by atoms with Gasteiger partial charge < -0.3 is 59.7 Å². The molecule has 0 fully saturated rings. The molecule has 0 aliphatic heterocycles. The Kier molecular flexibility index (Phi) is 27.2. The first-order valence-electron chi connectivity index (χ1n) is 13.5. The molecule has 0 unspecified atom stereocenters. The third kappa shape index (κ3) is 20.5. The second-order valence-electron chi connectivity index (χ2n) is 9.27. The smallest absolute Gasteiger partial charge is 0.326 e. The molecule has 273 valence electrons. The molecule has 2 aromatic rings. The van der Waals surface area contributed by atoms with Crippen LogP contribution in [0.15, 0.2) is 24.8 Å². The number of aromatic nitrogens is 4. The van der Waals surface area contributed by atoms with Crippen LogP contribution in [0, 0.1) is 0 Å². The number of carboxylic acid groups (broad SMARTS) is 5. The fourth-order valence-corrected chi connectivity index (χ4v) is 4.00.